The number of carbonyl (C=O) groups is 2. The maximum absolute atomic E-state index is 12.8. The Kier molecular flexibility index (Phi) is 7.78. The standard InChI is InChI=1S/C20H24ClN3O4S/c1-4-24(5-2)29(27,28)18-13-16(9-6-14(18)3)20(26)23-22-19(25)12-15-7-10-17(21)11-8-15/h6-11,13H,4-5,12H2,1-3H3,(H,22,25)(H,23,26). The fourth-order valence-electron chi connectivity index (χ4n) is 2.75. The molecule has 0 spiro atoms. The van der Waals surface area contributed by atoms with E-state index in [1.165, 1.54) is 16.4 Å². The molecule has 2 N–H and O–H groups in total. The number of hydrazine groups is 1. The lowest BCUT2D eigenvalue weighted by Gasteiger charge is -2.20. The second-order valence-electron chi connectivity index (χ2n) is 6.38. The number of hydrogen-bond donors (Lipinski definition) is 2. The molecule has 0 bridgehead atoms. The third-order valence-corrected chi connectivity index (χ3v) is 6.81. The van der Waals surface area contributed by atoms with Crippen molar-refractivity contribution in [3.63, 3.8) is 0 Å². The maximum atomic E-state index is 12.8. The Morgan fingerprint density at radius 3 is 2.21 bits per heavy atom. The van der Waals surface area contributed by atoms with Gasteiger partial charge in [-0.15, -0.1) is 0 Å². The second-order valence-corrected chi connectivity index (χ2v) is 8.72. The van der Waals surface area contributed by atoms with Crippen LogP contribution in [-0.4, -0.2) is 37.6 Å². The molecule has 0 saturated heterocycles. The average molecular weight is 438 g/mol. The normalized spacial score (nSPS) is 11.3. The summed E-state index contributed by atoms with van der Waals surface area (Å²) in [7, 11) is -3.71. The molecule has 156 valence electrons. The van der Waals surface area contributed by atoms with Crippen LogP contribution >= 0.6 is 11.6 Å². The Balaban J connectivity index is 2.09. The van der Waals surface area contributed by atoms with Crippen LogP contribution in [0.4, 0.5) is 0 Å². The molecule has 9 heteroatoms. The highest BCUT2D eigenvalue weighted by Crippen LogP contribution is 2.21. The number of rotatable bonds is 7. The molecule has 0 aliphatic rings. The molecule has 29 heavy (non-hydrogen) atoms. The SMILES string of the molecule is CCN(CC)S(=O)(=O)c1cc(C(=O)NNC(=O)Cc2ccc(Cl)cc2)ccc1C. The van der Waals surface area contributed by atoms with Crippen molar-refractivity contribution in [3.8, 4) is 0 Å². The van der Waals surface area contributed by atoms with E-state index in [0.29, 0.717) is 23.7 Å². The summed E-state index contributed by atoms with van der Waals surface area (Å²) in [6.45, 7) is 5.84. The van der Waals surface area contributed by atoms with E-state index in [2.05, 4.69) is 10.9 Å². The van der Waals surface area contributed by atoms with Gasteiger partial charge < -0.3 is 0 Å². The summed E-state index contributed by atoms with van der Waals surface area (Å²) in [6, 6.07) is 11.2. The van der Waals surface area contributed by atoms with Crippen molar-refractivity contribution in [2.24, 2.45) is 0 Å². The molecule has 0 unspecified atom stereocenters. The van der Waals surface area contributed by atoms with Gasteiger partial charge in [0.25, 0.3) is 5.91 Å². The average Bonchev–Trinajstić information content (AvgIpc) is 2.69. The van der Waals surface area contributed by atoms with Gasteiger partial charge >= 0.3 is 0 Å². The lowest BCUT2D eigenvalue weighted by molar-refractivity contribution is -0.121. The van der Waals surface area contributed by atoms with Gasteiger partial charge in [-0.2, -0.15) is 4.31 Å². The molecule has 0 atom stereocenters. The van der Waals surface area contributed by atoms with Crippen LogP contribution in [0.25, 0.3) is 0 Å². The number of aryl methyl sites for hydroxylation is 1. The molecule has 0 saturated carbocycles. The number of benzene rings is 2. The predicted octanol–water partition coefficient (Wildman–Crippen LogP) is 2.68. The Morgan fingerprint density at radius 1 is 1.00 bits per heavy atom. The van der Waals surface area contributed by atoms with Crippen molar-refractivity contribution in [2.75, 3.05) is 13.1 Å². The summed E-state index contributed by atoms with van der Waals surface area (Å²) in [5.41, 5.74) is 6.06. The second kappa shape index (κ2) is 9.87. The van der Waals surface area contributed by atoms with Gasteiger partial charge in [0.05, 0.1) is 11.3 Å². The van der Waals surface area contributed by atoms with Crippen LogP contribution in [0.15, 0.2) is 47.4 Å². The number of nitrogens with one attached hydrogen (secondary N) is 2. The van der Waals surface area contributed by atoms with Gasteiger partial charge in [-0.25, -0.2) is 8.42 Å². The van der Waals surface area contributed by atoms with Crippen molar-refractivity contribution < 1.29 is 18.0 Å². The van der Waals surface area contributed by atoms with E-state index in [-0.39, 0.29) is 16.9 Å². The van der Waals surface area contributed by atoms with E-state index >= 15 is 0 Å². The van der Waals surface area contributed by atoms with Crippen molar-refractivity contribution in [2.45, 2.75) is 32.1 Å². The number of sulfonamides is 1. The van der Waals surface area contributed by atoms with E-state index in [1.54, 1.807) is 51.1 Å². The van der Waals surface area contributed by atoms with Gasteiger partial charge in [0.15, 0.2) is 0 Å². The fraction of sp³-hybridized carbons (Fsp3) is 0.300. The first kappa shape index (κ1) is 22.9. The number of halogens is 1. The monoisotopic (exact) mass is 437 g/mol. The van der Waals surface area contributed by atoms with Gasteiger partial charge in [-0.3, -0.25) is 20.4 Å². The Labute approximate surface area is 176 Å². The van der Waals surface area contributed by atoms with E-state index in [0.717, 1.165) is 5.56 Å². The molecule has 0 fully saturated rings. The summed E-state index contributed by atoms with van der Waals surface area (Å²) in [6.07, 6.45) is 0.0624. The van der Waals surface area contributed by atoms with Gasteiger partial charge in [0.1, 0.15) is 0 Å². The smallest absolute Gasteiger partial charge is 0.269 e. The maximum Gasteiger partial charge on any atom is 0.269 e. The quantitative estimate of drug-likeness (QED) is 0.651. The van der Waals surface area contributed by atoms with Crippen LogP contribution in [0.2, 0.25) is 5.02 Å². The van der Waals surface area contributed by atoms with Crippen molar-refractivity contribution in [3.05, 3.63) is 64.2 Å². The molecule has 2 amide bonds. The van der Waals surface area contributed by atoms with Crippen LogP contribution in [0.5, 0.6) is 0 Å². The van der Waals surface area contributed by atoms with Crippen molar-refractivity contribution >= 4 is 33.4 Å². The molecule has 0 aliphatic heterocycles. The Hall–Kier alpha value is -2.42. The molecular formula is C20H24ClN3O4S. The number of hydrogen-bond acceptors (Lipinski definition) is 4. The van der Waals surface area contributed by atoms with Gasteiger partial charge in [0.2, 0.25) is 15.9 Å². The first-order chi connectivity index (χ1) is 13.7. The molecule has 0 aliphatic carbocycles. The highest BCUT2D eigenvalue weighted by atomic mass is 35.5. The van der Waals surface area contributed by atoms with Crippen LogP contribution in [0.3, 0.4) is 0 Å². The zero-order valence-electron chi connectivity index (χ0n) is 16.5. The number of nitrogens with zero attached hydrogens (tertiary/aromatic N) is 1. The van der Waals surface area contributed by atoms with Crippen LogP contribution in [0, 0.1) is 6.92 Å². The topological polar surface area (TPSA) is 95.6 Å². The molecule has 2 aromatic rings. The summed E-state index contributed by atoms with van der Waals surface area (Å²) < 4.78 is 26.9. The first-order valence-electron chi connectivity index (χ1n) is 9.13. The summed E-state index contributed by atoms with van der Waals surface area (Å²) in [5, 5.41) is 0.567. The zero-order chi connectivity index (χ0) is 21.6. The largest absolute Gasteiger partial charge is 0.273 e. The zero-order valence-corrected chi connectivity index (χ0v) is 18.1. The molecule has 2 aromatic carbocycles. The Morgan fingerprint density at radius 2 is 1.62 bits per heavy atom. The van der Waals surface area contributed by atoms with Crippen LogP contribution in [-0.2, 0) is 21.2 Å². The minimum absolute atomic E-state index is 0.0624. The first-order valence-corrected chi connectivity index (χ1v) is 10.9. The third kappa shape index (κ3) is 5.79. The number of carbonyl (C=O) groups excluding carboxylic acids is 2. The fourth-order valence-corrected chi connectivity index (χ4v) is 4.59. The molecule has 7 nitrogen and oxygen atoms in total. The lowest BCUT2D eigenvalue weighted by atomic mass is 10.1. The van der Waals surface area contributed by atoms with Crippen LogP contribution in [0.1, 0.15) is 35.3 Å². The molecular weight excluding hydrogens is 414 g/mol. The van der Waals surface area contributed by atoms with Crippen molar-refractivity contribution in [1.29, 1.82) is 0 Å². The van der Waals surface area contributed by atoms with Crippen LogP contribution < -0.4 is 10.9 Å². The predicted molar refractivity (Wildman–Crippen MR) is 112 cm³/mol. The lowest BCUT2D eigenvalue weighted by Crippen LogP contribution is -2.42. The summed E-state index contributed by atoms with van der Waals surface area (Å²) in [5.74, 6) is -1.02. The third-order valence-electron chi connectivity index (χ3n) is 4.37. The van der Waals surface area contributed by atoms with E-state index < -0.39 is 21.8 Å². The van der Waals surface area contributed by atoms with Gasteiger partial charge in [0, 0.05) is 23.7 Å². The molecule has 0 heterocycles. The van der Waals surface area contributed by atoms with E-state index in [9.17, 15) is 18.0 Å². The van der Waals surface area contributed by atoms with Crippen molar-refractivity contribution in [1.82, 2.24) is 15.2 Å². The minimum atomic E-state index is -3.71. The molecule has 2 rings (SSSR count). The van der Waals surface area contributed by atoms with E-state index in [1.807, 2.05) is 0 Å². The minimum Gasteiger partial charge on any atom is -0.273 e. The highest BCUT2D eigenvalue weighted by molar-refractivity contribution is 7.89. The summed E-state index contributed by atoms with van der Waals surface area (Å²) >= 11 is 5.81. The van der Waals surface area contributed by atoms with Gasteiger partial charge in [-0.05, 0) is 42.3 Å². The Bertz CT molecular complexity index is 987. The van der Waals surface area contributed by atoms with Gasteiger partial charge in [-0.1, -0.05) is 43.6 Å². The van der Waals surface area contributed by atoms with E-state index in [4.69, 9.17) is 11.6 Å². The molecule has 0 radical (unpaired) electrons. The highest BCUT2D eigenvalue weighted by Gasteiger charge is 2.24. The summed E-state index contributed by atoms with van der Waals surface area (Å²) in [4.78, 5) is 24.5. The molecule has 0 aromatic heterocycles. The number of amides is 2.